The molecule has 0 spiro atoms. The molecule has 0 aromatic heterocycles. The van der Waals surface area contributed by atoms with E-state index in [0.717, 1.165) is 17.7 Å². The fourth-order valence-electron chi connectivity index (χ4n) is 1.97. The van der Waals surface area contributed by atoms with E-state index >= 15 is 0 Å². The highest BCUT2D eigenvalue weighted by atomic mass is 32.2. The highest BCUT2D eigenvalue weighted by Gasteiger charge is 2.24. The number of halogens is 1. The van der Waals surface area contributed by atoms with Crippen molar-refractivity contribution in [2.75, 3.05) is 6.61 Å². The maximum atomic E-state index is 12.9. The SMILES string of the molecule is CC(C)(CCC1COC(N)=N1)Sc1ccc(F)cc1. The minimum atomic E-state index is -0.199. The molecule has 1 heterocycles. The molecule has 1 aliphatic rings. The highest BCUT2D eigenvalue weighted by molar-refractivity contribution is 8.00. The van der Waals surface area contributed by atoms with Crippen LogP contribution in [0.4, 0.5) is 4.39 Å². The van der Waals surface area contributed by atoms with E-state index in [-0.39, 0.29) is 16.6 Å². The first-order valence-corrected chi connectivity index (χ1v) is 7.17. The Morgan fingerprint density at radius 1 is 1.42 bits per heavy atom. The van der Waals surface area contributed by atoms with Crippen LogP contribution in [-0.2, 0) is 4.74 Å². The molecule has 0 radical (unpaired) electrons. The average Bonchev–Trinajstić information content (AvgIpc) is 2.76. The van der Waals surface area contributed by atoms with Crippen LogP contribution in [-0.4, -0.2) is 23.4 Å². The van der Waals surface area contributed by atoms with Gasteiger partial charge in [0, 0.05) is 9.64 Å². The van der Waals surface area contributed by atoms with Crippen molar-refractivity contribution >= 4 is 17.8 Å². The molecule has 1 unspecified atom stereocenters. The summed E-state index contributed by atoms with van der Waals surface area (Å²) < 4.78 is 18.1. The number of benzene rings is 1. The quantitative estimate of drug-likeness (QED) is 0.844. The minimum absolute atomic E-state index is 0.0741. The number of hydrogen-bond acceptors (Lipinski definition) is 4. The summed E-state index contributed by atoms with van der Waals surface area (Å²) >= 11 is 1.75. The molecule has 2 N–H and O–H groups in total. The molecule has 0 fully saturated rings. The predicted molar refractivity (Wildman–Crippen MR) is 76.9 cm³/mol. The first-order chi connectivity index (χ1) is 8.94. The van der Waals surface area contributed by atoms with Crippen molar-refractivity contribution in [3.05, 3.63) is 30.1 Å². The fourth-order valence-corrected chi connectivity index (χ4v) is 3.10. The first kappa shape index (κ1) is 14.2. The van der Waals surface area contributed by atoms with Crippen molar-refractivity contribution < 1.29 is 9.13 Å². The zero-order valence-corrected chi connectivity index (χ0v) is 12.0. The van der Waals surface area contributed by atoms with Gasteiger partial charge in [0.2, 0.25) is 0 Å². The van der Waals surface area contributed by atoms with E-state index in [0.29, 0.717) is 12.6 Å². The third-order valence-electron chi connectivity index (χ3n) is 3.02. The smallest absolute Gasteiger partial charge is 0.282 e. The number of thioether (sulfide) groups is 1. The molecule has 0 bridgehead atoms. The largest absolute Gasteiger partial charge is 0.463 e. The van der Waals surface area contributed by atoms with E-state index in [1.807, 2.05) is 12.1 Å². The number of aliphatic imine (C=N–C) groups is 1. The maximum absolute atomic E-state index is 12.9. The number of hydrogen-bond donors (Lipinski definition) is 1. The van der Waals surface area contributed by atoms with E-state index in [4.69, 9.17) is 10.5 Å². The molecule has 104 valence electrons. The van der Waals surface area contributed by atoms with Crippen molar-refractivity contribution in [2.45, 2.75) is 42.4 Å². The summed E-state index contributed by atoms with van der Waals surface area (Å²) in [5.41, 5.74) is 5.49. The van der Waals surface area contributed by atoms with Gasteiger partial charge in [-0.05, 0) is 37.1 Å². The molecular formula is C14H19FN2OS. The van der Waals surface area contributed by atoms with Crippen LogP contribution in [0, 0.1) is 5.82 Å². The van der Waals surface area contributed by atoms with Gasteiger partial charge in [-0.1, -0.05) is 13.8 Å². The van der Waals surface area contributed by atoms with Gasteiger partial charge >= 0.3 is 0 Å². The molecule has 1 atom stereocenters. The lowest BCUT2D eigenvalue weighted by atomic mass is 10.0. The van der Waals surface area contributed by atoms with Crippen LogP contribution in [0.1, 0.15) is 26.7 Å². The Hall–Kier alpha value is -1.23. The molecule has 0 amide bonds. The summed E-state index contributed by atoms with van der Waals surface area (Å²) in [6, 6.07) is 7.09. The zero-order valence-electron chi connectivity index (χ0n) is 11.2. The Bertz CT molecular complexity index is 459. The highest BCUT2D eigenvalue weighted by Crippen LogP contribution is 2.36. The molecule has 1 aliphatic heterocycles. The van der Waals surface area contributed by atoms with Gasteiger partial charge < -0.3 is 10.5 Å². The number of nitrogens with two attached hydrogens (primary N) is 1. The molecule has 1 aromatic rings. The molecule has 0 saturated carbocycles. The van der Waals surface area contributed by atoms with Crippen molar-refractivity contribution in [1.82, 2.24) is 0 Å². The van der Waals surface area contributed by atoms with Gasteiger partial charge in [-0.15, -0.1) is 11.8 Å². The Morgan fingerprint density at radius 3 is 2.68 bits per heavy atom. The maximum Gasteiger partial charge on any atom is 0.282 e. The first-order valence-electron chi connectivity index (χ1n) is 6.35. The van der Waals surface area contributed by atoms with Crippen LogP contribution >= 0.6 is 11.8 Å². The fraction of sp³-hybridized carbons (Fsp3) is 0.500. The molecular weight excluding hydrogens is 263 g/mol. The van der Waals surface area contributed by atoms with E-state index in [2.05, 4.69) is 18.8 Å². The lowest BCUT2D eigenvalue weighted by Gasteiger charge is -2.24. The number of nitrogens with zero attached hydrogens (tertiary/aromatic N) is 1. The van der Waals surface area contributed by atoms with Gasteiger partial charge in [0.05, 0.1) is 6.04 Å². The van der Waals surface area contributed by atoms with Crippen LogP contribution in [0.25, 0.3) is 0 Å². The van der Waals surface area contributed by atoms with Crippen LogP contribution in [0.5, 0.6) is 0 Å². The average molecular weight is 282 g/mol. The zero-order chi connectivity index (χ0) is 13.9. The summed E-state index contributed by atoms with van der Waals surface area (Å²) in [5, 5.41) is 0. The molecule has 0 aliphatic carbocycles. The number of ether oxygens (including phenoxy) is 1. The van der Waals surface area contributed by atoms with E-state index in [1.165, 1.54) is 12.1 Å². The van der Waals surface area contributed by atoms with Crippen LogP contribution in [0.15, 0.2) is 34.2 Å². The monoisotopic (exact) mass is 282 g/mol. The van der Waals surface area contributed by atoms with Crippen LogP contribution in [0.3, 0.4) is 0 Å². The van der Waals surface area contributed by atoms with Crippen molar-refractivity contribution in [3.8, 4) is 0 Å². The number of rotatable bonds is 5. The van der Waals surface area contributed by atoms with Gasteiger partial charge in [-0.3, -0.25) is 0 Å². The van der Waals surface area contributed by atoms with E-state index < -0.39 is 0 Å². The van der Waals surface area contributed by atoms with E-state index in [9.17, 15) is 4.39 Å². The van der Waals surface area contributed by atoms with Crippen molar-refractivity contribution in [1.29, 1.82) is 0 Å². The van der Waals surface area contributed by atoms with Gasteiger partial charge in [-0.25, -0.2) is 9.38 Å². The second-order valence-corrected chi connectivity index (χ2v) is 7.07. The topological polar surface area (TPSA) is 47.6 Å². The Kier molecular flexibility index (Phi) is 4.34. The second kappa shape index (κ2) is 5.82. The van der Waals surface area contributed by atoms with Crippen molar-refractivity contribution in [3.63, 3.8) is 0 Å². The molecule has 1 aromatic carbocycles. The summed E-state index contributed by atoms with van der Waals surface area (Å²) in [4.78, 5) is 5.30. The summed E-state index contributed by atoms with van der Waals surface area (Å²) in [7, 11) is 0. The number of amidine groups is 1. The van der Waals surface area contributed by atoms with Crippen molar-refractivity contribution in [2.24, 2.45) is 10.7 Å². The lowest BCUT2D eigenvalue weighted by Crippen LogP contribution is -2.18. The van der Waals surface area contributed by atoms with Gasteiger partial charge in [0.15, 0.2) is 0 Å². The van der Waals surface area contributed by atoms with Gasteiger partial charge in [-0.2, -0.15) is 0 Å². The molecule has 19 heavy (non-hydrogen) atoms. The molecule has 3 nitrogen and oxygen atoms in total. The normalized spacial score (nSPS) is 19.1. The van der Waals surface area contributed by atoms with Gasteiger partial charge in [0.1, 0.15) is 12.4 Å². The predicted octanol–water partition coefficient (Wildman–Crippen LogP) is 3.19. The Balaban J connectivity index is 1.86. The minimum Gasteiger partial charge on any atom is -0.463 e. The summed E-state index contributed by atoms with van der Waals surface area (Å²) in [5.74, 6) is -0.199. The molecule has 2 rings (SSSR count). The van der Waals surface area contributed by atoms with E-state index in [1.54, 1.807) is 11.8 Å². The standard InChI is InChI=1S/C14H19FN2OS/c1-14(2,8-7-11-9-18-13(16)17-11)19-12-5-3-10(15)4-6-12/h3-6,11H,7-9H2,1-2H3,(H2,16,17). The third-order valence-corrected chi connectivity index (χ3v) is 4.29. The summed E-state index contributed by atoms with van der Waals surface area (Å²) in [6.45, 7) is 4.96. The second-order valence-electron chi connectivity index (χ2n) is 5.29. The molecule has 0 saturated heterocycles. The van der Waals surface area contributed by atoms with Crippen LogP contribution < -0.4 is 5.73 Å². The Labute approximate surface area is 117 Å². The third kappa shape index (κ3) is 4.42. The Morgan fingerprint density at radius 2 is 2.11 bits per heavy atom. The van der Waals surface area contributed by atoms with Gasteiger partial charge in [0.25, 0.3) is 6.02 Å². The lowest BCUT2D eigenvalue weighted by molar-refractivity contribution is 0.303. The van der Waals surface area contributed by atoms with Crippen LogP contribution in [0.2, 0.25) is 0 Å². The summed E-state index contributed by atoms with van der Waals surface area (Å²) in [6.07, 6.45) is 1.95. The molecule has 5 heteroatoms.